The Labute approximate surface area is 361 Å². The number of carbonyl (C=O) groups is 3. The van der Waals surface area contributed by atoms with Crippen molar-refractivity contribution in [2.45, 2.75) is 297 Å². The van der Waals surface area contributed by atoms with E-state index in [2.05, 4.69) is 27.7 Å². The molecule has 0 saturated heterocycles. The van der Waals surface area contributed by atoms with Crippen LogP contribution in [0.5, 0.6) is 0 Å². The Hall–Kier alpha value is -1.59. The highest BCUT2D eigenvalue weighted by molar-refractivity contribution is 5.71. The molecule has 0 aromatic heterocycles. The second-order valence-corrected chi connectivity index (χ2v) is 18.1. The van der Waals surface area contributed by atoms with E-state index in [0.717, 1.165) is 63.7 Å². The first-order chi connectivity index (χ1) is 28.4. The van der Waals surface area contributed by atoms with Crippen LogP contribution in [0, 0.1) is 5.92 Å². The van der Waals surface area contributed by atoms with Crippen molar-refractivity contribution in [2.75, 3.05) is 13.2 Å². The lowest BCUT2D eigenvalue weighted by molar-refractivity contribution is -0.167. The van der Waals surface area contributed by atoms with Crippen LogP contribution in [0.4, 0.5) is 0 Å². The molecule has 1 unspecified atom stereocenters. The van der Waals surface area contributed by atoms with Crippen molar-refractivity contribution >= 4 is 17.9 Å². The van der Waals surface area contributed by atoms with Crippen molar-refractivity contribution < 1.29 is 28.6 Å². The molecule has 0 aromatic carbocycles. The normalized spacial score (nSPS) is 12.4. The predicted molar refractivity (Wildman–Crippen MR) is 247 cm³/mol. The van der Waals surface area contributed by atoms with Crippen LogP contribution in [-0.4, -0.2) is 37.2 Å². The third-order valence-electron chi connectivity index (χ3n) is 12.2. The third kappa shape index (κ3) is 44.0. The van der Waals surface area contributed by atoms with Crippen LogP contribution in [0.1, 0.15) is 291 Å². The smallest absolute Gasteiger partial charge is 0.306 e. The summed E-state index contributed by atoms with van der Waals surface area (Å²) in [6, 6.07) is 0. The van der Waals surface area contributed by atoms with Gasteiger partial charge < -0.3 is 14.2 Å². The summed E-state index contributed by atoms with van der Waals surface area (Å²) in [7, 11) is 0. The molecule has 0 rings (SSSR count). The summed E-state index contributed by atoms with van der Waals surface area (Å²) in [6.07, 6.45) is 48.0. The summed E-state index contributed by atoms with van der Waals surface area (Å²) in [4.78, 5) is 37.9. The number of carbonyl (C=O) groups excluding carboxylic acids is 3. The summed E-state index contributed by atoms with van der Waals surface area (Å²) in [5, 5.41) is 0. The van der Waals surface area contributed by atoms with E-state index >= 15 is 0 Å². The Morgan fingerprint density at radius 3 is 0.897 bits per heavy atom. The summed E-state index contributed by atoms with van der Waals surface area (Å²) in [5.41, 5.74) is 0. The van der Waals surface area contributed by atoms with E-state index in [1.54, 1.807) is 0 Å². The summed E-state index contributed by atoms with van der Waals surface area (Å²) in [6.45, 7) is 9.02. The molecule has 0 heterocycles. The molecule has 58 heavy (non-hydrogen) atoms. The van der Waals surface area contributed by atoms with Gasteiger partial charge in [0.15, 0.2) is 6.10 Å². The van der Waals surface area contributed by atoms with E-state index in [0.29, 0.717) is 19.3 Å². The minimum Gasteiger partial charge on any atom is -0.462 e. The third-order valence-corrected chi connectivity index (χ3v) is 12.2. The largest absolute Gasteiger partial charge is 0.462 e. The molecule has 0 aliphatic rings. The predicted octanol–water partition coefficient (Wildman–Crippen LogP) is 16.7. The van der Waals surface area contributed by atoms with Gasteiger partial charge in [0.1, 0.15) is 13.2 Å². The molecule has 0 N–H and O–H groups in total. The van der Waals surface area contributed by atoms with Crippen molar-refractivity contribution in [1.29, 1.82) is 0 Å². The van der Waals surface area contributed by atoms with Gasteiger partial charge in [0, 0.05) is 19.3 Å². The first-order valence-corrected chi connectivity index (χ1v) is 25.9. The zero-order valence-electron chi connectivity index (χ0n) is 39.5. The molecule has 0 aliphatic carbocycles. The number of hydrogen-bond acceptors (Lipinski definition) is 6. The fourth-order valence-electron chi connectivity index (χ4n) is 7.83. The summed E-state index contributed by atoms with van der Waals surface area (Å²) >= 11 is 0. The Kier molecular flexibility index (Phi) is 45.2. The molecule has 0 aliphatic heterocycles. The molecule has 6 nitrogen and oxygen atoms in total. The van der Waals surface area contributed by atoms with Gasteiger partial charge in [-0.05, 0) is 25.2 Å². The lowest BCUT2D eigenvalue weighted by Crippen LogP contribution is -2.30. The zero-order chi connectivity index (χ0) is 42.4. The van der Waals surface area contributed by atoms with Gasteiger partial charge in [-0.1, -0.05) is 252 Å². The second kappa shape index (κ2) is 46.5. The highest BCUT2D eigenvalue weighted by atomic mass is 16.6. The number of esters is 3. The maximum atomic E-state index is 12.7. The maximum Gasteiger partial charge on any atom is 0.306 e. The van der Waals surface area contributed by atoms with Crippen molar-refractivity contribution in [3.8, 4) is 0 Å². The maximum absolute atomic E-state index is 12.7. The standard InChI is InChI=1S/C52H100O6/c1-5-8-10-12-14-16-18-19-20-21-22-23-24-25-27-31-35-39-43-50(53)56-46-49(58-52(55)45-41-37-33-26-17-15-13-11-9-6-2)47-57-51(54)44-40-36-32-29-28-30-34-38-42-48(4)7-3/h48-49H,5-47H2,1-4H3/t48?,49-/m1/s1. The van der Waals surface area contributed by atoms with Crippen molar-refractivity contribution in [1.82, 2.24) is 0 Å². The molecular formula is C52H100O6. The molecule has 0 spiro atoms. The number of hydrogen-bond donors (Lipinski definition) is 0. The van der Waals surface area contributed by atoms with Crippen LogP contribution in [-0.2, 0) is 28.6 Å². The van der Waals surface area contributed by atoms with Gasteiger partial charge in [0.2, 0.25) is 0 Å². The Morgan fingerprint density at radius 1 is 0.345 bits per heavy atom. The van der Waals surface area contributed by atoms with Crippen molar-refractivity contribution in [3.63, 3.8) is 0 Å². The van der Waals surface area contributed by atoms with Crippen LogP contribution in [0.15, 0.2) is 0 Å². The zero-order valence-corrected chi connectivity index (χ0v) is 39.5. The average Bonchev–Trinajstić information content (AvgIpc) is 3.22. The fourth-order valence-corrected chi connectivity index (χ4v) is 7.83. The van der Waals surface area contributed by atoms with E-state index < -0.39 is 6.10 Å². The SMILES string of the molecule is CCCCCCCCCCCCCCCCCCCCC(=O)OC[C@H](COC(=O)CCCCCCCCCCC(C)CC)OC(=O)CCCCCCCCCCCC. The van der Waals surface area contributed by atoms with E-state index in [1.165, 1.54) is 186 Å². The van der Waals surface area contributed by atoms with E-state index in [9.17, 15) is 14.4 Å². The van der Waals surface area contributed by atoms with Crippen LogP contribution >= 0.6 is 0 Å². The van der Waals surface area contributed by atoms with Gasteiger partial charge in [-0.2, -0.15) is 0 Å². The van der Waals surface area contributed by atoms with Crippen LogP contribution in [0.2, 0.25) is 0 Å². The second-order valence-electron chi connectivity index (χ2n) is 18.1. The first-order valence-electron chi connectivity index (χ1n) is 25.9. The molecule has 0 radical (unpaired) electrons. The van der Waals surface area contributed by atoms with Gasteiger partial charge in [0.05, 0.1) is 0 Å². The lowest BCUT2D eigenvalue weighted by atomic mass is 9.99. The molecule has 0 fully saturated rings. The molecular weight excluding hydrogens is 721 g/mol. The quantitative estimate of drug-likeness (QED) is 0.0346. The monoisotopic (exact) mass is 821 g/mol. The lowest BCUT2D eigenvalue weighted by Gasteiger charge is -2.18. The molecule has 2 atom stereocenters. The van der Waals surface area contributed by atoms with E-state index in [-0.39, 0.29) is 31.1 Å². The summed E-state index contributed by atoms with van der Waals surface area (Å²) in [5.74, 6) is -0.000259. The van der Waals surface area contributed by atoms with Crippen LogP contribution in [0.3, 0.4) is 0 Å². The number of rotatable bonds is 47. The Balaban J connectivity index is 4.24. The average molecular weight is 821 g/mol. The van der Waals surface area contributed by atoms with Crippen molar-refractivity contribution in [3.05, 3.63) is 0 Å². The van der Waals surface area contributed by atoms with Crippen LogP contribution < -0.4 is 0 Å². The van der Waals surface area contributed by atoms with Crippen LogP contribution in [0.25, 0.3) is 0 Å². The number of unbranched alkanes of at least 4 members (excludes halogenated alkanes) is 33. The minimum atomic E-state index is -0.760. The molecule has 0 aromatic rings. The topological polar surface area (TPSA) is 78.9 Å². The molecule has 0 saturated carbocycles. The van der Waals surface area contributed by atoms with Gasteiger partial charge in [0.25, 0.3) is 0 Å². The first kappa shape index (κ1) is 56.4. The van der Waals surface area contributed by atoms with Gasteiger partial charge >= 0.3 is 17.9 Å². The molecule has 6 heteroatoms. The summed E-state index contributed by atoms with van der Waals surface area (Å²) < 4.78 is 16.8. The van der Waals surface area contributed by atoms with Gasteiger partial charge in [-0.25, -0.2) is 0 Å². The van der Waals surface area contributed by atoms with E-state index in [4.69, 9.17) is 14.2 Å². The van der Waals surface area contributed by atoms with Crippen molar-refractivity contribution in [2.24, 2.45) is 5.92 Å². The molecule has 0 bridgehead atoms. The fraction of sp³-hybridized carbons (Fsp3) is 0.942. The minimum absolute atomic E-state index is 0.0632. The highest BCUT2D eigenvalue weighted by Crippen LogP contribution is 2.17. The Bertz CT molecular complexity index is 874. The Morgan fingerprint density at radius 2 is 0.603 bits per heavy atom. The van der Waals surface area contributed by atoms with E-state index in [1.807, 2.05) is 0 Å². The van der Waals surface area contributed by atoms with Gasteiger partial charge in [-0.15, -0.1) is 0 Å². The molecule has 0 amide bonds. The molecule has 344 valence electrons. The highest BCUT2D eigenvalue weighted by Gasteiger charge is 2.19. The van der Waals surface area contributed by atoms with Gasteiger partial charge in [-0.3, -0.25) is 14.4 Å². The number of ether oxygens (including phenoxy) is 3.